The number of phenolic OH excluding ortho intramolecular Hbond substituents is 1. The molecule has 1 atom stereocenters. The van der Waals surface area contributed by atoms with E-state index in [1.807, 2.05) is 6.07 Å². The summed E-state index contributed by atoms with van der Waals surface area (Å²) in [5, 5.41) is 13.1. The van der Waals surface area contributed by atoms with Gasteiger partial charge in [-0.2, -0.15) is 0 Å². The van der Waals surface area contributed by atoms with Gasteiger partial charge in [0, 0.05) is 11.6 Å². The van der Waals surface area contributed by atoms with E-state index < -0.39 is 11.9 Å². The van der Waals surface area contributed by atoms with Crippen molar-refractivity contribution in [2.75, 3.05) is 25.2 Å². The number of methoxy groups -OCH3 is 1. The number of carbonyl (C=O) groups is 2. The first kappa shape index (κ1) is 24.5. The number of nitrogens with zero attached hydrogens (tertiary/aromatic N) is 1. The molecule has 5 rings (SSSR count). The van der Waals surface area contributed by atoms with Gasteiger partial charge in [-0.1, -0.05) is 37.1 Å². The number of phenols is 1. The van der Waals surface area contributed by atoms with Crippen LogP contribution in [0, 0.1) is 0 Å². The van der Waals surface area contributed by atoms with E-state index in [-0.39, 0.29) is 17.7 Å². The normalized spacial score (nSPS) is 15.6. The predicted molar refractivity (Wildman–Crippen MR) is 138 cm³/mol. The molecule has 0 saturated heterocycles. The van der Waals surface area contributed by atoms with Crippen LogP contribution in [0.1, 0.15) is 47.6 Å². The summed E-state index contributed by atoms with van der Waals surface area (Å²) in [6, 6.07) is 17.5. The van der Waals surface area contributed by atoms with Crippen LogP contribution in [0.3, 0.4) is 0 Å². The van der Waals surface area contributed by atoms with E-state index in [1.54, 1.807) is 48.5 Å². The van der Waals surface area contributed by atoms with Gasteiger partial charge in [0.2, 0.25) is 5.91 Å². The lowest BCUT2D eigenvalue weighted by Gasteiger charge is -2.33. The van der Waals surface area contributed by atoms with Crippen LogP contribution in [0.25, 0.3) is 0 Å². The Kier molecular flexibility index (Phi) is 7.16. The summed E-state index contributed by atoms with van der Waals surface area (Å²) in [5.41, 5.74) is 1.35. The van der Waals surface area contributed by atoms with Gasteiger partial charge in [-0.25, -0.2) is 0 Å². The molecule has 0 aromatic heterocycles. The molecular formula is C29H30N2O6. The lowest BCUT2D eigenvalue weighted by atomic mass is 10.0. The molecule has 1 aliphatic heterocycles. The third kappa shape index (κ3) is 5.18. The molecule has 2 aliphatic rings. The van der Waals surface area contributed by atoms with Crippen LogP contribution in [0.5, 0.6) is 23.0 Å². The standard InChI is InChI=1S/C29H30N2O6/c1-35-24-9-5-4-8-23(24)31(29(34)20-12-15-25-26(18-20)37-17-16-36-25)27(19-10-13-22(32)14-11-19)28(33)30-21-6-2-3-7-21/h4-5,8-15,18,21,27,32H,2-3,6-7,16-17H2,1H3,(H,30,33). The van der Waals surface area contributed by atoms with Gasteiger partial charge < -0.3 is 24.6 Å². The molecule has 0 spiro atoms. The molecule has 0 bridgehead atoms. The number of carbonyl (C=O) groups excluding carboxylic acids is 2. The maximum Gasteiger partial charge on any atom is 0.259 e. The van der Waals surface area contributed by atoms with Gasteiger partial charge >= 0.3 is 0 Å². The Labute approximate surface area is 215 Å². The van der Waals surface area contributed by atoms with Crippen molar-refractivity contribution in [3.05, 3.63) is 77.9 Å². The molecule has 1 aliphatic carbocycles. The highest BCUT2D eigenvalue weighted by atomic mass is 16.6. The van der Waals surface area contributed by atoms with Gasteiger partial charge in [-0.3, -0.25) is 14.5 Å². The van der Waals surface area contributed by atoms with Gasteiger partial charge in [0.15, 0.2) is 11.5 Å². The van der Waals surface area contributed by atoms with Gasteiger partial charge in [0.25, 0.3) is 5.91 Å². The third-order valence-electron chi connectivity index (χ3n) is 6.77. The molecule has 1 saturated carbocycles. The number of ether oxygens (including phenoxy) is 3. The number of hydrogen-bond donors (Lipinski definition) is 2. The maximum atomic E-state index is 14.3. The van der Waals surface area contributed by atoms with Crippen molar-refractivity contribution < 1.29 is 28.9 Å². The van der Waals surface area contributed by atoms with Crippen molar-refractivity contribution in [2.24, 2.45) is 0 Å². The average Bonchev–Trinajstić information content (AvgIpc) is 3.44. The van der Waals surface area contributed by atoms with Crippen molar-refractivity contribution in [1.82, 2.24) is 5.32 Å². The van der Waals surface area contributed by atoms with E-state index in [0.717, 1.165) is 25.7 Å². The first-order valence-electron chi connectivity index (χ1n) is 12.5. The van der Waals surface area contributed by atoms with Crippen LogP contribution in [-0.2, 0) is 4.79 Å². The zero-order valence-corrected chi connectivity index (χ0v) is 20.7. The molecule has 2 amide bonds. The van der Waals surface area contributed by atoms with Gasteiger partial charge in [-0.15, -0.1) is 0 Å². The largest absolute Gasteiger partial charge is 0.508 e. The molecule has 37 heavy (non-hydrogen) atoms. The minimum Gasteiger partial charge on any atom is -0.508 e. The van der Waals surface area contributed by atoms with Crippen molar-refractivity contribution >= 4 is 17.5 Å². The summed E-state index contributed by atoms with van der Waals surface area (Å²) in [6.45, 7) is 0.832. The van der Waals surface area contributed by atoms with Crippen molar-refractivity contribution in [3.8, 4) is 23.0 Å². The van der Waals surface area contributed by atoms with Crippen molar-refractivity contribution in [1.29, 1.82) is 0 Å². The average molecular weight is 503 g/mol. The smallest absolute Gasteiger partial charge is 0.259 e. The molecular weight excluding hydrogens is 472 g/mol. The minimum absolute atomic E-state index is 0.0519. The van der Waals surface area contributed by atoms with Crippen LogP contribution >= 0.6 is 0 Å². The SMILES string of the molecule is COc1ccccc1N(C(=O)c1ccc2c(c1)OCCO2)C(C(=O)NC1CCCC1)c1ccc(O)cc1. The number of rotatable bonds is 7. The molecule has 1 heterocycles. The highest BCUT2D eigenvalue weighted by molar-refractivity contribution is 6.11. The summed E-state index contributed by atoms with van der Waals surface area (Å²) < 4.78 is 16.9. The number of fused-ring (bicyclic) bond motifs is 1. The number of nitrogens with one attached hydrogen (secondary N) is 1. The Morgan fingerprint density at radius 3 is 2.41 bits per heavy atom. The van der Waals surface area contributed by atoms with E-state index in [1.165, 1.54) is 24.1 Å². The molecule has 1 fully saturated rings. The molecule has 2 N–H and O–H groups in total. The predicted octanol–water partition coefficient (Wildman–Crippen LogP) is 4.62. The fraction of sp³-hybridized carbons (Fsp3) is 0.310. The second-order valence-corrected chi connectivity index (χ2v) is 9.19. The van der Waals surface area contributed by atoms with Crippen LogP contribution in [0.4, 0.5) is 5.69 Å². The maximum absolute atomic E-state index is 14.3. The highest BCUT2D eigenvalue weighted by Gasteiger charge is 2.36. The van der Waals surface area contributed by atoms with E-state index >= 15 is 0 Å². The van der Waals surface area contributed by atoms with E-state index in [4.69, 9.17) is 14.2 Å². The third-order valence-corrected chi connectivity index (χ3v) is 6.77. The van der Waals surface area contributed by atoms with Crippen molar-refractivity contribution in [2.45, 2.75) is 37.8 Å². The molecule has 192 valence electrons. The molecule has 8 heteroatoms. The van der Waals surface area contributed by atoms with E-state index in [9.17, 15) is 14.7 Å². The van der Waals surface area contributed by atoms with Gasteiger partial charge in [-0.05, 0) is 60.9 Å². The summed E-state index contributed by atoms with van der Waals surface area (Å²) in [7, 11) is 1.53. The Balaban J connectivity index is 1.63. The number of benzene rings is 3. The number of anilines is 1. The lowest BCUT2D eigenvalue weighted by molar-refractivity contribution is -0.123. The number of hydrogen-bond acceptors (Lipinski definition) is 6. The summed E-state index contributed by atoms with van der Waals surface area (Å²) in [4.78, 5) is 29.6. The van der Waals surface area contributed by atoms with Crippen LogP contribution < -0.4 is 24.4 Å². The zero-order valence-electron chi connectivity index (χ0n) is 20.7. The second kappa shape index (κ2) is 10.8. The number of para-hydroxylation sites is 2. The van der Waals surface area contributed by atoms with Gasteiger partial charge in [0.05, 0.1) is 12.8 Å². The number of amides is 2. The summed E-state index contributed by atoms with van der Waals surface area (Å²) in [5.74, 6) is 0.872. The molecule has 0 radical (unpaired) electrons. The first-order valence-corrected chi connectivity index (χ1v) is 12.5. The van der Waals surface area contributed by atoms with Crippen LogP contribution in [0.2, 0.25) is 0 Å². The lowest BCUT2D eigenvalue weighted by Crippen LogP contribution is -2.46. The Morgan fingerprint density at radius 1 is 0.973 bits per heavy atom. The highest BCUT2D eigenvalue weighted by Crippen LogP contribution is 2.38. The molecule has 3 aromatic carbocycles. The molecule has 1 unspecified atom stereocenters. The Bertz CT molecular complexity index is 1270. The molecule has 3 aromatic rings. The number of aromatic hydroxyl groups is 1. The summed E-state index contributed by atoms with van der Waals surface area (Å²) in [6.07, 6.45) is 3.92. The summed E-state index contributed by atoms with van der Waals surface area (Å²) >= 11 is 0. The van der Waals surface area contributed by atoms with E-state index in [2.05, 4.69) is 5.32 Å². The van der Waals surface area contributed by atoms with Gasteiger partial charge in [0.1, 0.15) is 30.8 Å². The second-order valence-electron chi connectivity index (χ2n) is 9.19. The van der Waals surface area contributed by atoms with Crippen LogP contribution in [-0.4, -0.2) is 43.3 Å². The zero-order chi connectivity index (χ0) is 25.8. The van der Waals surface area contributed by atoms with Crippen LogP contribution in [0.15, 0.2) is 66.7 Å². The fourth-order valence-corrected chi connectivity index (χ4v) is 4.93. The first-order chi connectivity index (χ1) is 18.0. The fourth-order valence-electron chi connectivity index (χ4n) is 4.93. The Morgan fingerprint density at radius 2 is 1.68 bits per heavy atom. The molecule has 8 nitrogen and oxygen atoms in total. The monoisotopic (exact) mass is 502 g/mol. The quantitative estimate of drug-likeness (QED) is 0.489. The topological polar surface area (TPSA) is 97.3 Å². The van der Waals surface area contributed by atoms with Crippen molar-refractivity contribution in [3.63, 3.8) is 0 Å². The Hall–Kier alpha value is -4.20. The van der Waals surface area contributed by atoms with E-state index in [0.29, 0.717) is 47.3 Å². The minimum atomic E-state index is -1.02.